The van der Waals surface area contributed by atoms with Gasteiger partial charge in [0.05, 0.1) is 39.0 Å². The number of carboxylic acids is 4. The Hall–Kier alpha value is -12.0. The number of likely N-dealkylation sites (N-methyl/N-ethyl adjacent to an activating group) is 1. The van der Waals surface area contributed by atoms with Crippen LogP contribution in [0.3, 0.4) is 0 Å². The number of para-hydroxylation sites is 1. The number of methoxy groups -OCH3 is 1. The van der Waals surface area contributed by atoms with Crippen LogP contribution >= 0.6 is 0 Å². The van der Waals surface area contributed by atoms with Crippen LogP contribution in [0, 0.1) is 11.8 Å². The summed E-state index contributed by atoms with van der Waals surface area (Å²) in [6, 6.07) is -16.4. The van der Waals surface area contributed by atoms with Crippen LogP contribution in [0.15, 0.2) is 30.5 Å². The number of nitrogens with two attached hydrogens (primary N) is 2. The molecule has 1 aromatic heterocycles. The lowest BCUT2D eigenvalue weighted by Gasteiger charge is -2.32. The van der Waals surface area contributed by atoms with Crippen molar-refractivity contribution in [1.82, 2.24) is 73.7 Å². The zero-order valence-corrected chi connectivity index (χ0v) is 63.4. The molecule has 1 aliphatic rings. The zero-order chi connectivity index (χ0) is 85.3. The second-order valence-electron chi connectivity index (χ2n) is 27.2. The Morgan fingerprint density at radius 2 is 1.22 bits per heavy atom. The topological polar surface area (TPSA) is 697 Å². The third kappa shape index (κ3) is 31.4. The molecule has 15 amide bonds. The Kier molecular flexibility index (Phi) is 39.3. The van der Waals surface area contributed by atoms with Crippen LogP contribution in [0.5, 0.6) is 0 Å². The highest BCUT2D eigenvalue weighted by atomic mass is 16.5. The third-order valence-corrected chi connectivity index (χ3v) is 17.6. The number of primary amides is 2. The quantitative estimate of drug-likeness (QED) is 0.0229. The first kappa shape index (κ1) is 95.2. The minimum Gasteiger partial charge on any atom is -0.481 e. The van der Waals surface area contributed by atoms with Gasteiger partial charge in [-0.15, -0.1) is 0 Å². The summed E-state index contributed by atoms with van der Waals surface area (Å²) < 4.78 is 10.6. The SMILES string of the molecule is CCCCCCCCCC(=O)NC(Cc1c[nH]c2ccccc12)C(=O)NC(CCC(=O)O)C(=O)NC(C(=O)NC1C(=O)N(C)CC(=O)NC(C)C(=O)NC(CC(=O)O)C(=O)NC(CO)C(=O)NC(C(OC)C(=O)O)C(=O)NCC(=O)NC(CC(N)=O)C(=O)NC(C(C)CC(=O)O)C(=O)NC(C(C)C)C(=O)OC1C)C(O)C(N)=O. The number of aliphatic hydroxyl groups is 2. The van der Waals surface area contributed by atoms with E-state index in [1.165, 1.54) is 13.8 Å². The molecule has 2 aromatic rings. The molecule has 0 radical (unpaired) electrons. The summed E-state index contributed by atoms with van der Waals surface area (Å²) in [5.74, 6) is -32.0. The number of cyclic esters (lactones) is 1. The van der Waals surface area contributed by atoms with E-state index in [-0.39, 0.29) is 12.8 Å². The van der Waals surface area contributed by atoms with Gasteiger partial charge in [0.2, 0.25) is 88.6 Å². The first-order chi connectivity index (χ1) is 53.0. The first-order valence-electron chi connectivity index (χ1n) is 35.9. The van der Waals surface area contributed by atoms with Crippen molar-refractivity contribution >= 4 is 129 Å². The second kappa shape index (κ2) is 46.6. The third-order valence-electron chi connectivity index (χ3n) is 17.6. The maximum absolute atomic E-state index is 14.9. The maximum Gasteiger partial charge on any atom is 0.335 e. The number of rotatable bonds is 34. The molecule has 1 fully saturated rings. The smallest absolute Gasteiger partial charge is 0.335 e. The molecule has 0 bridgehead atoms. The summed E-state index contributed by atoms with van der Waals surface area (Å²) in [5, 5.41) is 87.1. The monoisotopic (exact) mass is 1600 g/mol. The highest BCUT2D eigenvalue weighted by molar-refractivity contribution is 6.03. The number of nitrogens with zero attached hydrogens (tertiary/aromatic N) is 1. The average Bonchev–Trinajstić information content (AvgIpc) is 1.67. The number of aliphatic hydroxyl groups excluding tert-OH is 2. The summed E-state index contributed by atoms with van der Waals surface area (Å²) in [6.07, 6.45) is -4.99. The Bertz CT molecular complexity index is 3800. The van der Waals surface area contributed by atoms with Crippen LogP contribution in [0.4, 0.5) is 0 Å². The lowest BCUT2D eigenvalue weighted by atomic mass is 9.95. The van der Waals surface area contributed by atoms with Gasteiger partial charge < -0.3 is 125 Å². The number of nitrogens with one attached hydrogen (secondary N) is 13. The van der Waals surface area contributed by atoms with Crippen molar-refractivity contribution in [2.75, 3.05) is 33.9 Å². The molecule has 2 heterocycles. The molecule has 0 spiro atoms. The molecular weight excluding hydrogens is 1500 g/mol. The molecular formula is C69H102N16O28. The molecule has 0 saturated carbocycles. The van der Waals surface area contributed by atoms with Crippen molar-refractivity contribution in [3.8, 4) is 0 Å². The average molecular weight is 1600 g/mol. The summed E-state index contributed by atoms with van der Waals surface area (Å²) >= 11 is 0. The molecule has 0 aliphatic carbocycles. The number of amides is 15. The van der Waals surface area contributed by atoms with Gasteiger partial charge in [-0.3, -0.25) is 86.3 Å². The van der Waals surface area contributed by atoms with Crippen molar-refractivity contribution in [2.24, 2.45) is 23.3 Å². The molecule has 1 aromatic carbocycles. The lowest BCUT2D eigenvalue weighted by Crippen LogP contribution is -2.64. The van der Waals surface area contributed by atoms with Crippen molar-refractivity contribution in [2.45, 2.75) is 216 Å². The number of hydrogen-bond acceptors (Lipinski definition) is 24. The molecule has 44 heteroatoms. The van der Waals surface area contributed by atoms with Crippen molar-refractivity contribution in [1.29, 1.82) is 0 Å². The molecule has 15 atom stereocenters. The molecule has 1 saturated heterocycles. The predicted octanol–water partition coefficient (Wildman–Crippen LogP) is -7.36. The number of carbonyl (C=O) groups excluding carboxylic acids is 16. The van der Waals surface area contributed by atoms with E-state index in [0.717, 1.165) is 67.0 Å². The number of H-pyrrole nitrogens is 1. The van der Waals surface area contributed by atoms with Gasteiger partial charge in [0, 0.05) is 50.5 Å². The van der Waals surface area contributed by atoms with Crippen LogP contribution in [0.25, 0.3) is 10.9 Å². The van der Waals surface area contributed by atoms with Crippen molar-refractivity contribution < 1.29 is 136 Å². The maximum atomic E-state index is 14.9. The minimum atomic E-state index is -2.81. The number of ether oxygens (including phenoxy) is 2. The number of unbranched alkanes of at least 4 members (excludes halogenated alkanes) is 6. The van der Waals surface area contributed by atoms with Crippen molar-refractivity contribution in [3.63, 3.8) is 0 Å². The number of esters is 1. The predicted molar refractivity (Wildman–Crippen MR) is 388 cm³/mol. The summed E-state index contributed by atoms with van der Waals surface area (Å²) in [4.78, 5) is 275. The Morgan fingerprint density at radius 1 is 0.637 bits per heavy atom. The molecule has 113 heavy (non-hydrogen) atoms. The van der Waals surface area contributed by atoms with Crippen LogP contribution in [-0.4, -0.2) is 278 Å². The van der Waals surface area contributed by atoms with E-state index in [9.17, 15) is 127 Å². The van der Waals surface area contributed by atoms with E-state index in [2.05, 4.69) is 43.8 Å². The van der Waals surface area contributed by atoms with Crippen molar-refractivity contribution in [3.05, 3.63) is 36.0 Å². The number of benzene rings is 1. The number of carbonyl (C=O) groups is 20. The van der Waals surface area contributed by atoms with Gasteiger partial charge in [-0.25, -0.2) is 9.59 Å². The Labute approximate surface area is 646 Å². The molecule has 44 nitrogen and oxygen atoms in total. The van der Waals surface area contributed by atoms with Gasteiger partial charge in [-0.2, -0.15) is 0 Å². The van der Waals surface area contributed by atoms with Crippen LogP contribution in [-0.2, 0) is 112 Å². The normalized spacial score (nSPS) is 22.1. The van der Waals surface area contributed by atoms with Gasteiger partial charge in [-0.1, -0.05) is 84.4 Å². The molecule has 626 valence electrons. The first-order valence-corrected chi connectivity index (χ1v) is 35.9. The second-order valence-corrected chi connectivity index (χ2v) is 27.2. The Morgan fingerprint density at radius 3 is 1.81 bits per heavy atom. The number of hydrogen-bond donors (Lipinski definition) is 21. The molecule has 3 rings (SSSR count). The number of aliphatic carboxylic acids is 4. The van der Waals surface area contributed by atoms with Gasteiger partial charge >= 0.3 is 29.8 Å². The van der Waals surface area contributed by atoms with Crippen LogP contribution < -0.4 is 75.3 Å². The van der Waals surface area contributed by atoms with Gasteiger partial charge in [-0.05, 0) is 50.2 Å². The van der Waals surface area contributed by atoms with E-state index in [0.29, 0.717) is 34.2 Å². The van der Waals surface area contributed by atoms with E-state index >= 15 is 0 Å². The fraction of sp³-hybridized carbons (Fsp3) is 0.594. The fourth-order valence-corrected chi connectivity index (χ4v) is 11.4. The zero-order valence-electron chi connectivity index (χ0n) is 63.4. The van der Waals surface area contributed by atoms with E-state index < -0.39 is 267 Å². The highest BCUT2D eigenvalue weighted by Gasteiger charge is 2.44. The minimum absolute atomic E-state index is 0.0260. The fourth-order valence-electron chi connectivity index (χ4n) is 11.4. The number of aromatic amines is 1. The number of fused-ring (bicyclic) bond motifs is 1. The Balaban J connectivity index is 2.25. The van der Waals surface area contributed by atoms with Crippen LogP contribution in [0.2, 0.25) is 0 Å². The van der Waals surface area contributed by atoms with E-state index in [4.69, 9.17) is 20.9 Å². The van der Waals surface area contributed by atoms with E-state index in [1.54, 1.807) is 30.5 Å². The summed E-state index contributed by atoms with van der Waals surface area (Å²) in [5.41, 5.74) is 12.0. The lowest BCUT2D eigenvalue weighted by molar-refractivity contribution is -0.159. The standard InChI is InChI=1S/C69H102N16O28/c1-9-10-11-12-13-14-15-20-44(88)75-39(24-35-27-72-37-19-17-16-18-36(35)37)60(101)77-38(21-22-47(91)92)59(100)83-53(55(97)57(71)98)66(107)82-52-34(6)113-69(111)50(31(2)3)80-65(106)51(32(4)23-48(93)94)81-62(103)40(25-43(70)87)76-45(89)28-73-64(105)54(56(112-8)68(109)110)84-63(104)42(30-86)79-61(102)41(26-49(95)96)78-58(99)33(5)74-46(90)29-85(7)67(52)108/h16-19,27,31-34,38-42,50-56,72,86,97H,9-15,20-26,28-30H2,1-8H3,(H2,70,87)(H2,71,98)(H,73,105)(H,74,90)(H,75,88)(H,76,89)(H,77,101)(H,78,99)(H,79,102)(H,80,106)(H,81,103)(H,82,107)(H,83,100)(H,84,104)(H,91,92)(H,93,94)(H,95,96)(H,109,110). The number of carboxylic acid groups (broad SMARTS) is 4. The largest absolute Gasteiger partial charge is 0.481 e. The van der Waals surface area contributed by atoms with Gasteiger partial charge in [0.1, 0.15) is 72.6 Å². The van der Waals surface area contributed by atoms with E-state index in [1.807, 2.05) is 31.9 Å². The summed E-state index contributed by atoms with van der Waals surface area (Å²) in [6.45, 7) is 3.83. The molecule has 15 unspecified atom stereocenters. The molecule has 1 aliphatic heterocycles. The highest BCUT2D eigenvalue weighted by Crippen LogP contribution is 2.21. The van der Waals surface area contributed by atoms with Gasteiger partial charge in [0.15, 0.2) is 12.2 Å². The molecule has 23 N–H and O–H groups in total. The van der Waals surface area contributed by atoms with Crippen LogP contribution in [0.1, 0.15) is 131 Å². The number of aromatic nitrogens is 1. The summed E-state index contributed by atoms with van der Waals surface area (Å²) in [7, 11) is 1.62. The van der Waals surface area contributed by atoms with Gasteiger partial charge in [0.25, 0.3) is 0 Å².